The number of imidazole rings is 1. The Morgan fingerprint density at radius 3 is 2.39 bits per heavy atom. The lowest BCUT2D eigenvalue weighted by molar-refractivity contribution is 0.353. The Morgan fingerprint density at radius 1 is 0.944 bits per heavy atom. The maximum atomic E-state index is 6.38. The molecule has 2 N–H and O–H groups in total. The first-order valence-corrected chi connectivity index (χ1v) is 12.9. The van der Waals surface area contributed by atoms with Gasteiger partial charge in [0.1, 0.15) is 17.1 Å². The monoisotopic (exact) mass is 504 g/mol. The number of halogens is 1. The van der Waals surface area contributed by atoms with Gasteiger partial charge in [0.2, 0.25) is 0 Å². The number of methoxy groups -OCH3 is 2. The molecule has 0 aliphatic heterocycles. The summed E-state index contributed by atoms with van der Waals surface area (Å²) in [6.07, 6.45) is 8.69. The van der Waals surface area contributed by atoms with Gasteiger partial charge in [-0.1, -0.05) is 41.4 Å². The third kappa shape index (κ3) is 5.45. The summed E-state index contributed by atoms with van der Waals surface area (Å²) in [6, 6.07) is 17.7. The third-order valence-corrected chi connectivity index (χ3v) is 7.32. The predicted octanol–water partition coefficient (Wildman–Crippen LogP) is 6.49. The second-order valence-corrected chi connectivity index (χ2v) is 9.96. The molecule has 2 aromatic carbocycles. The molecule has 2 heterocycles. The van der Waals surface area contributed by atoms with Gasteiger partial charge >= 0.3 is 0 Å². The van der Waals surface area contributed by atoms with Crippen LogP contribution in [0.3, 0.4) is 0 Å². The largest absolute Gasteiger partial charge is 0.496 e. The van der Waals surface area contributed by atoms with Crippen molar-refractivity contribution in [2.24, 2.45) is 0 Å². The Labute approximate surface area is 217 Å². The SMILES string of the molecule is COc1cc(OC)c(-c2cn3ccc(NC4CCC(NCc5ccc(C)cc5)CC4)cc3n2)cc1Cl. The standard InChI is InChI=1S/C29H33ClN4O2/c1-19-4-6-20(7-5-19)17-31-21-8-10-22(11-9-21)32-23-12-13-34-18-26(33-29(34)14-23)24-15-25(30)28(36-3)16-27(24)35-2/h4-7,12-16,18,21-22,31-32H,8-11,17H2,1-3H3. The normalized spacial score (nSPS) is 17.8. The molecule has 188 valence electrons. The number of rotatable bonds is 8. The molecule has 36 heavy (non-hydrogen) atoms. The molecule has 4 aromatic rings. The van der Waals surface area contributed by atoms with Crippen molar-refractivity contribution in [3.05, 3.63) is 77.1 Å². The second-order valence-electron chi connectivity index (χ2n) is 9.55. The lowest BCUT2D eigenvalue weighted by Crippen LogP contribution is -2.36. The third-order valence-electron chi connectivity index (χ3n) is 7.02. The van der Waals surface area contributed by atoms with Crippen molar-refractivity contribution in [3.63, 3.8) is 0 Å². The van der Waals surface area contributed by atoms with Crippen molar-refractivity contribution in [3.8, 4) is 22.8 Å². The molecule has 1 aliphatic carbocycles. The Morgan fingerprint density at radius 2 is 1.67 bits per heavy atom. The predicted molar refractivity (Wildman–Crippen MR) is 146 cm³/mol. The first-order chi connectivity index (χ1) is 17.5. The molecule has 1 aliphatic rings. The Kier molecular flexibility index (Phi) is 7.35. The molecule has 7 heteroatoms. The molecule has 0 saturated heterocycles. The number of aryl methyl sites for hydroxylation is 1. The zero-order chi connectivity index (χ0) is 25.1. The van der Waals surface area contributed by atoms with Crippen molar-refractivity contribution >= 4 is 22.9 Å². The highest BCUT2D eigenvalue weighted by molar-refractivity contribution is 6.32. The molecule has 0 unspecified atom stereocenters. The highest BCUT2D eigenvalue weighted by Crippen LogP contribution is 2.38. The summed E-state index contributed by atoms with van der Waals surface area (Å²) in [7, 11) is 3.23. The van der Waals surface area contributed by atoms with E-state index in [1.54, 1.807) is 20.3 Å². The summed E-state index contributed by atoms with van der Waals surface area (Å²) in [6.45, 7) is 3.06. The minimum absolute atomic E-state index is 0.472. The molecule has 0 bridgehead atoms. The number of aromatic nitrogens is 2. The van der Waals surface area contributed by atoms with E-state index in [1.165, 1.54) is 24.0 Å². The average molecular weight is 505 g/mol. The van der Waals surface area contributed by atoms with Crippen molar-refractivity contribution in [2.45, 2.75) is 51.2 Å². The van der Waals surface area contributed by atoms with Crippen LogP contribution in [-0.4, -0.2) is 35.7 Å². The number of ether oxygens (including phenoxy) is 2. The topological polar surface area (TPSA) is 59.8 Å². The fraction of sp³-hybridized carbons (Fsp3) is 0.345. The molecule has 0 spiro atoms. The van der Waals surface area contributed by atoms with E-state index < -0.39 is 0 Å². The van der Waals surface area contributed by atoms with E-state index in [-0.39, 0.29) is 0 Å². The van der Waals surface area contributed by atoms with Gasteiger partial charge in [0.05, 0.1) is 24.9 Å². The summed E-state index contributed by atoms with van der Waals surface area (Å²) in [5.74, 6) is 1.25. The number of nitrogens with zero attached hydrogens (tertiary/aromatic N) is 2. The maximum Gasteiger partial charge on any atom is 0.141 e. The second kappa shape index (κ2) is 10.8. The van der Waals surface area contributed by atoms with Crippen LogP contribution in [0.15, 0.2) is 60.9 Å². The van der Waals surface area contributed by atoms with E-state index in [1.807, 2.05) is 22.9 Å². The fourth-order valence-electron chi connectivity index (χ4n) is 4.91. The average Bonchev–Trinajstić information content (AvgIpc) is 3.32. The number of pyridine rings is 1. The molecule has 1 fully saturated rings. The van der Waals surface area contributed by atoms with Gasteiger partial charge in [-0.25, -0.2) is 4.98 Å². The quantitative estimate of drug-likeness (QED) is 0.287. The van der Waals surface area contributed by atoms with Gasteiger partial charge in [0.25, 0.3) is 0 Å². The maximum absolute atomic E-state index is 6.38. The van der Waals surface area contributed by atoms with Gasteiger partial charge in [-0.15, -0.1) is 0 Å². The van der Waals surface area contributed by atoms with Crippen LogP contribution in [0, 0.1) is 6.92 Å². The van der Waals surface area contributed by atoms with Gasteiger partial charge in [-0.05, 0) is 50.3 Å². The highest BCUT2D eigenvalue weighted by atomic mass is 35.5. The highest BCUT2D eigenvalue weighted by Gasteiger charge is 2.21. The van der Waals surface area contributed by atoms with Crippen molar-refractivity contribution in [2.75, 3.05) is 19.5 Å². The molecule has 0 amide bonds. The lowest BCUT2D eigenvalue weighted by Gasteiger charge is -2.30. The summed E-state index contributed by atoms with van der Waals surface area (Å²) in [4.78, 5) is 4.85. The lowest BCUT2D eigenvalue weighted by atomic mass is 9.91. The van der Waals surface area contributed by atoms with E-state index in [4.69, 9.17) is 26.1 Å². The minimum atomic E-state index is 0.472. The number of anilines is 1. The molecule has 2 aromatic heterocycles. The smallest absolute Gasteiger partial charge is 0.141 e. The van der Waals surface area contributed by atoms with Crippen LogP contribution in [0.1, 0.15) is 36.8 Å². The van der Waals surface area contributed by atoms with E-state index in [2.05, 4.69) is 54.0 Å². The van der Waals surface area contributed by atoms with Gasteiger partial charge in [0.15, 0.2) is 0 Å². The summed E-state index contributed by atoms with van der Waals surface area (Å²) >= 11 is 6.38. The van der Waals surface area contributed by atoms with E-state index in [9.17, 15) is 0 Å². The summed E-state index contributed by atoms with van der Waals surface area (Å²) < 4.78 is 12.9. The minimum Gasteiger partial charge on any atom is -0.496 e. The van der Waals surface area contributed by atoms with Gasteiger partial charge in [-0.2, -0.15) is 0 Å². The van der Waals surface area contributed by atoms with E-state index >= 15 is 0 Å². The zero-order valence-electron chi connectivity index (χ0n) is 21.1. The van der Waals surface area contributed by atoms with Crippen molar-refractivity contribution in [1.82, 2.24) is 14.7 Å². The Bertz CT molecular complexity index is 1330. The Hall–Kier alpha value is -3.22. The molecule has 6 nitrogen and oxygen atoms in total. The molecule has 0 radical (unpaired) electrons. The molecular formula is C29H33ClN4O2. The first kappa shape index (κ1) is 24.5. The van der Waals surface area contributed by atoms with E-state index in [0.29, 0.717) is 28.6 Å². The van der Waals surface area contributed by atoms with Crippen molar-refractivity contribution in [1.29, 1.82) is 0 Å². The molecule has 1 saturated carbocycles. The van der Waals surface area contributed by atoms with Crippen LogP contribution in [0.2, 0.25) is 5.02 Å². The van der Waals surface area contributed by atoms with E-state index in [0.717, 1.165) is 42.0 Å². The van der Waals surface area contributed by atoms with Gasteiger partial charge < -0.3 is 24.5 Å². The fourth-order valence-corrected chi connectivity index (χ4v) is 5.15. The number of nitrogens with one attached hydrogen (secondary N) is 2. The summed E-state index contributed by atoms with van der Waals surface area (Å²) in [5.41, 5.74) is 6.25. The van der Waals surface area contributed by atoms with Crippen LogP contribution in [-0.2, 0) is 6.54 Å². The number of benzene rings is 2. The van der Waals surface area contributed by atoms with Crippen molar-refractivity contribution < 1.29 is 9.47 Å². The number of hydrogen-bond donors (Lipinski definition) is 2. The molecular weight excluding hydrogens is 472 g/mol. The number of fused-ring (bicyclic) bond motifs is 1. The molecule has 5 rings (SSSR count). The molecule has 0 atom stereocenters. The van der Waals surface area contributed by atoms with Crippen LogP contribution in [0.25, 0.3) is 16.9 Å². The first-order valence-electron chi connectivity index (χ1n) is 12.5. The van der Waals surface area contributed by atoms with Crippen LogP contribution >= 0.6 is 11.6 Å². The number of hydrogen-bond acceptors (Lipinski definition) is 5. The van der Waals surface area contributed by atoms with Gasteiger partial charge in [0, 0.05) is 54.4 Å². The van der Waals surface area contributed by atoms with Crippen LogP contribution in [0.5, 0.6) is 11.5 Å². The summed E-state index contributed by atoms with van der Waals surface area (Å²) in [5, 5.41) is 7.99. The zero-order valence-corrected chi connectivity index (χ0v) is 21.8. The van der Waals surface area contributed by atoms with Crippen LogP contribution < -0.4 is 20.1 Å². The van der Waals surface area contributed by atoms with Gasteiger partial charge in [-0.3, -0.25) is 0 Å². The Balaban J connectivity index is 1.21. The van der Waals surface area contributed by atoms with Crippen LogP contribution in [0.4, 0.5) is 5.69 Å².